The van der Waals surface area contributed by atoms with Crippen LogP contribution in [0.1, 0.15) is 24.0 Å². The molecule has 0 bridgehead atoms. The lowest BCUT2D eigenvalue weighted by Gasteiger charge is -2.18. The van der Waals surface area contributed by atoms with Gasteiger partial charge in [0.05, 0.1) is 20.1 Å². The molecular weight excluding hydrogens is 340 g/mol. The van der Waals surface area contributed by atoms with Crippen LogP contribution >= 0.6 is 0 Å². The van der Waals surface area contributed by atoms with Gasteiger partial charge in [-0.2, -0.15) is 0 Å². The van der Waals surface area contributed by atoms with Crippen LogP contribution in [0.4, 0.5) is 0 Å². The molecule has 0 aliphatic rings. The summed E-state index contributed by atoms with van der Waals surface area (Å²) in [5.41, 5.74) is 2.42. The van der Waals surface area contributed by atoms with Gasteiger partial charge in [-0.1, -0.05) is 60.7 Å². The Labute approximate surface area is 161 Å². The molecule has 0 aromatic heterocycles. The van der Waals surface area contributed by atoms with Crippen molar-refractivity contribution in [3.8, 4) is 0 Å². The molecule has 0 aliphatic carbocycles. The Morgan fingerprint density at radius 3 is 2.11 bits per heavy atom. The first-order chi connectivity index (χ1) is 13.2. The predicted octanol–water partition coefficient (Wildman–Crippen LogP) is 2.50. The molecule has 27 heavy (non-hydrogen) atoms. The standard InChI is InChI=1S/C22H28N2O3/c1-27-22(26)16-20(13-12-18-8-4-2-5-9-18)24-21(25)17-23-15-14-19-10-6-3-7-11-19/h2-11,20,23H,12-17H2,1H3,(H,24,25). The fourth-order valence-electron chi connectivity index (χ4n) is 2.85. The second kappa shape index (κ2) is 11.9. The number of amides is 1. The van der Waals surface area contributed by atoms with Gasteiger partial charge in [0.1, 0.15) is 0 Å². The van der Waals surface area contributed by atoms with Gasteiger partial charge in [-0.15, -0.1) is 0 Å². The molecule has 0 saturated heterocycles. The molecule has 144 valence electrons. The van der Waals surface area contributed by atoms with Crippen molar-refractivity contribution in [1.29, 1.82) is 0 Å². The summed E-state index contributed by atoms with van der Waals surface area (Å²) < 4.78 is 4.76. The van der Waals surface area contributed by atoms with Crippen molar-refractivity contribution in [3.63, 3.8) is 0 Å². The summed E-state index contributed by atoms with van der Waals surface area (Å²) in [5, 5.41) is 6.10. The first-order valence-corrected chi connectivity index (χ1v) is 9.32. The largest absolute Gasteiger partial charge is 0.469 e. The molecule has 1 unspecified atom stereocenters. The maximum Gasteiger partial charge on any atom is 0.307 e. The Hall–Kier alpha value is -2.66. The third kappa shape index (κ3) is 8.51. The molecule has 5 nitrogen and oxygen atoms in total. The van der Waals surface area contributed by atoms with E-state index in [0.29, 0.717) is 6.42 Å². The van der Waals surface area contributed by atoms with Gasteiger partial charge < -0.3 is 15.4 Å². The summed E-state index contributed by atoms with van der Waals surface area (Å²) in [4.78, 5) is 23.9. The van der Waals surface area contributed by atoms with Crippen LogP contribution in [0.25, 0.3) is 0 Å². The molecule has 0 aliphatic heterocycles. The zero-order valence-electron chi connectivity index (χ0n) is 15.8. The summed E-state index contributed by atoms with van der Waals surface area (Å²) in [5.74, 6) is -0.421. The summed E-state index contributed by atoms with van der Waals surface area (Å²) >= 11 is 0. The monoisotopic (exact) mass is 368 g/mol. The van der Waals surface area contributed by atoms with Crippen molar-refractivity contribution >= 4 is 11.9 Å². The number of aryl methyl sites for hydroxylation is 1. The number of hydrogen-bond donors (Lipinski definition) is 2. The Morgan fingerprint density at radius 2 is 1.52 bits per heavy atom. The molecule has 5 heteroatoms. The number of nitrogens with one attached hydrogen (secondary N) is 2. The number of carbonyl (C=O) groups is 2. The molecule has 0 heterocycles. The van der Waals surface area contributed by atoms with Crippen LogP contribution < -0.4 is 10.6 Å². The van der Waals surface area contributed by atoms with Gasteiger partial charge in [-0.05, 0) is 36.9 Å². The normalized spacial score (nSPS) is 11.6. The second-order valence-electron chi connectivity index (χ2n) is 6.48. The van der Waals surface area contributed by atoms with Crippen LogP contribution in [0.3, 0.4) is 0 Å². The minimum Gasteiger partial charge on any atom is -0.469 e. The van der Waals surface area contributed by atoms with Gasteiger partial charge in [-0.25, -0.2) is 0 Å². The summed E-state index contributed by atoms with van der Waals surface area (Å²) in [6, 6.07) is 19.9. The number of benzene rings is 2. The molecule has 2 rings (SSSR count). The van der Waals surface area contributed by atoms with E-state index in [9.17, 15) is 9.59 Å². The van der Waals surface area contributed by atoms with Gasteiger partial charge in [-0.3, -0.25) is 9.59 Å². The van der Waals surface area contributed by atoms with Crippen molar-refractivity contribution in [2.45, 2.75) is 31.7 Å². The number of carbonyl (C=O) groups excluding carboxylic acids is 2. The van der Waals surface area contributed by atoms with Crippen molar-refractivity contribution in [1.82, 2.24) is 10.6 Å². The van der Waals surface area contributed by atoms with Crippen LogP contribution in [0, 0.1) is 0 Å². The van der Waals surface area contributed by atoms with Gasteiger partial charge in [0.2, 0.25) is 5.91 Å². The van der Waals surface area contributed by atoms with E-state index in [-0.39, 0.29) is 30.9 Å². The van der Waals surface area contributed by atoms with Crippen molar-refractivity contribution in [3.05, 3.63) is 71.8 Å². The zero-order valence-corrected chi connectivity index (χ0v) is 15.8. The average molecular weight is 368 g/mol. The van der Waals surface area contributed by atoms with Gasteiger partial charge in [0.25, 0.3) is 0 Å². The van der Waals surface area contributed by atoms with E-state index in [2.05, 4.69) is 22.8 Å². The Bertz CT molecular complexity index is 689. The van der Waals surface area contributed by atoms with Crippen molar-refractivity contribution < 1.29 is 14.3 Å². The molecule has 1 atom stereocenters. The molecule has 2 aromatic carbocycles. The van der Waals surface area contributed by atoms with E-state index in [1.807, 2.05) is 48.5 Å². The number of esters is 1. The van der Waals surface area contributed by atoms with Crippen LogP contribution in [-0.4, -0.2) is 38.1 Å². The molecule has 0 saturated carbocycles. The zero-order chi connectivity index (χ0) is 19.3. The summed E-state index contributed by atoms with van der Waals surface area (Å²) in [6.45, 7) is 0.957. The maximum atomic E-state index is 12.2. The third-order valence-corrected chi connectivity index (χ3v) is 4.35. The number of ether oxygens (including phenoxy) is 1. The van der Waals surface area contributed by atoms with Crippen molar-refractivity contribution in [2.24, 2.45) is 0 Å². The van der Waals surface area contributed by atoms with E-state index >= 15 is 0 Å². The van der Waals surface area contributed by atoms with Gasteiger partial charge in [0, 0.05) is 6.04 Å². The first-order valence-electron chi connectivity index (χ1n) is 9.32. The lowest BCUT2D eigenvalue weighted by atomic mass is 10.0. The number of methoxy groups -OCH3 is 1. The highest BCUT2D eigenvalue weighted by atomic mass is 16.5. The molecule has 1 amide bonds. The highest BCUT2D eigenvalue weighted by Gasteiger charge is 2.16. The SMILES string of the molecule is COC(=O)CC(CCc1ccccc1)NC(=O)CNCCc1ccccc1. The van der Waals surface area contributed by atoms with E-state index < -0.39 is 0 Å². The highest BCUT2D eigenvalue weighted by Crippen LogP contribution is 2.08. The Morgan fingerprint density at radius 1 is 0.926 bits per heavy atom. The fourth-order valence-corrected chi connectivity index (χ4v) is 2.85. The topological polar surface area (TPSA) is 67.4 Å². The Balaban J connectivity index is 1.74. The molecule has 0 radical (unpaired) electrons. The summed E-state index contributed by atoms with van der Waals surface area (Å²) in [7, 11) is 1.36. The van der Waals surface area contributed by atoms with E-state index in [1.165, 1.54) is 18.2 Å². The lowest BCUT2D eigenvalue weighted by molar-refractivity contribution is -0.141. The van der Waals surface area contributed by atoms with E-state index in [4.69, 9.17) is 4.74 Å². The predicted molar refractivity (Wildman–Crippen MR) is 106 cm³/mol. The molecule has 0 fully saturated rings. The smallest absolute Gasteiger partial charge is 0.307 e. The summed E-state index contributed by atoms with van der Waals surface area (Å²) in [6.07, 6.45) is 2.53. The lowest BCUT2D eigenvalue weighted by Crippen LogP contribution is -2.42. The molecular formula is C22H28N2O3. The third-order valence-electron chi connectivity index (χ3n) is 4.35. The minimum atomic E-state index is -0.314. The highest BCUT2D eigenvalue weighted by molar-refractivity contribution is 5.79. The molecule has 2 aromatic rings. The number of rotatable bonds is 11. The van der Waals surface area contributed by atoms with Crippen LogP contribution in [0.5, 0.6) is 0 Å². The van der Waals surface area contributed by atoms with Crippen LogP contribution in [-0.2, 0) is 27.2 Å². The Kier molecular flexibility index (Phi) is 9.07. The van der Waals surface area contributed by atoms with E-state index in [1.54, 1.807) is 0 Å². The van der Waals surface area contributed by atoms with Gasteiger partial charge >= 0.3 is 5.97 Å². The average Bonchev–Trinajstić information content (AvgIpc) is 2.71. The quantitative estimate of drug-likeness (QED) is 0.472. The molecule has 2 N–H and O–H groups in total. The minimum absolute atomic E-state index is 0.106. The fraction of sp³-hybridized carbons (Fsp3) is 0.364. The van der Waals surface area contributed by atoms with E-state index in [0.717, 1.165) is 19.4 Å². The number of hydrogen-bond acceptors (Lipinski definition) is 4. The van der Waals surface area contributed by atoms with Crippen LogP contribution in [0.15, 0.2) is 60.7 Å². The maximum absolute atomic E-state index is 12.2. The second-order valence-corrected chi connectivity index (χ2v) is 6.48. The van der Waals surface area contributed by atoms with Crippen molar-refractivity contribution in [2.75, 3.05) is 20.2 Å². The molecule has 0 spiro atoms. The first kappa shape index (κ1) is 20.6. The van der Waals surface area contributed by atoms with Gasteiger partial charge in [0.15, 0.2) is 0 Å². The van der Waals surface area contributed by atoms with Crippen LogP contribution in [0.2, 0.25) is 0 Å².